The molecule has 0 unspecified atom stereocenters. The summed E-state index contributed by atoms with van der Waals surface area (Å²) in [6.45, 7) is -0.626. The van der Waals surface area contributed by atoms with Gasteiger partial charge in [-0.2, -0.15) is 15.8 Å². The highest BCUT2D eigenvalue weighted by molar-refractivity contribution is 5.96. The van der Waals surface area contributed by atoms with Gasteiger partial charge in [0.1, 0.15) is 11.6 Å². The minimum absolute atomic E-state index is 0.474. The van der Waals surface area contributed by atoms with Crippen molar-refractivity contribution in [3.63, 3.8) is 0 Å². The van der Waals surface area contributed by atoms with Gasteiger partial charge in [-0.05, 0) is 30.1 Å². The molecule has 2 rings (SSSR count). The maximum atomic E-state index is 14.9. The second-order valence-electron chi connectivity index (χ2n) is 7.01. The number of allylic oxidation sites excluding steroid dienone is 1. The monoisotopic (exact) mass is 440 g/mol. The van der Waals surface area contributed by atoms with Crippen LogP contribution in [0.25, 0.3) is 5.57 Å². The highest BCUT2D eigenvalue weighted by Gasteiger charge is 2.43. The number of nitriles is 3. The lowest BCUT2D eigenvalue weighted by Crippen LogP contribution is -2.39. The zero-order chi connectivity index (χ0) is 24.2. The molecule has 0 radical (unpaired) electrons. The predicted octanol–water partition coefficient (Wildman–Crippen LogP) is 3.89. The van der Waals surface area contributed by atoms with Crippen LogP contribution in [0.2, 0.25) is 0 Å². The van der Waals surface area contributed by atoms with E-state index in [-0.39, 0.29) is 0 Å². The van der Waals surface area contributed by atoms with Crippen LogP contribution < -0.4 is 9.80 Å². The SMILES string of the molecule is CN(C)c1ccc(N(C)CC(C#N)(C#N)c2c(F)c(F)c(C(=C=N)C#N)c(F)c2F)cc1. The maximum Gasteiger partial charge on any atom is 0.191 e. The third-order valence-electron chi connectivity index (χ3n) is 4.84. The summed E-state index contributed by atoms with van der Waals surface area (Å²) in [5.41, 5.74) is -5.24. The molecule has 2 aromatic carbocycles. The van der Waals surface area contributed by atoms with E-state index in [2.05, 4.69) is 0 Å². The first-order valence-corrected chi connectivity index (χ1v) is 8.96. The van der Waals surface area contributed by atoms with E-state index in [0.717, 1.165) is 5.69 Å². The fraction of sp³-hybridized carbons (Fsp3) is 0.227. The van der Waals surface area contributed by atoms with E-state index >= 15 is 0 Å². The van der Waals surface area contributed by atoms with Crippen LogP contribution in [0, 0.1) is 62.7 Å². The van der Waals surface area contributed by atoms with Crippen LogP contribution in [0.5, 0.6) is 0 Å². The van der Waals surface area contributed by atoms with Gasteiger partial charge in [-0.1, -0.05) is 0 Å². The lowest BCUT2D eigenvalue weighted by Gasteiger charge is -2.29. The van der Waals surface area contributed by atoms with Crippen LogP contribution >= 0.6 is 0 Å². The van der Waals surface area contributed by atoms with Gasteiger partial charge in [0.15, 0.2) is 28.7 Å². The van der Waals surface area contributed by atoms with E-state index in [9.17, 15) is 28.1 Å². The van der Waals surface area contributed by atoms with Gasteiger partial charge in [-0.3, -0.25) is 5.41 Å². The molecule has 10 heteroatoms. The minimum Gasteiger partial charge on any atom is -0.378 e. The molecule has 0 bridgehead atoms. The van der Waals surface area contributed by atoms with Crippen molar-refractivity contribution in [2.45, 2.75) is 5.41 Å². The van der Waals surface area contributed by atoms with Crippen LogP contribution in [0.15, 0.2) is 24.3 Å². The van der Waals surface area contributed by atoms with Crippen molar-refractivity contribution in [3.8, 4) is 18.2 Å². The first-order valence-electron chi connectivity index (χ1n) is 8.96. The Morgan fingerprint density at radius 2 is 1.34 bits per heavy atom. The van der Waals surface area contributed by atoms with Crippen molar-refractivity contribution in [2.24, 2.45) is 0 Å². The van der Waals surface area contributed by atoms with Gasteiger partial charge in [0.2, 0.25) is 0 Å². The van der Waals surface area contributed by atoms with Crippen molar-refractivity contribution in [1.82, 2.24) is 0 Å². The minimum atomic E-state index is -2.63. The fourth-order valence-electron chi connectivity index (χ4n) is 3.11. The summed E-state index contributed by atoms with van der Waals surface area (Å²) in [7, 11) is 5.08. The van der Waals surface area contributed by atoms with Crippen LogP contribution in [-0.4, -0.2) is 33.6 Å². The summed E-state index contributed by atoms with van der Waals surface area (Å²) >= 11 is 0. The van der Waals surface area contributed by atoms with Crippen LogP contribution in [0.4, 0.5) is 28.9 Å². The predicted molar refractivity (Wildman–Crippen MR) is 110 cm³/mol. The van der Waals surface area contributed by atoms with E-state index in [4.69, 9.17) is 10.7 Å². The van der Waals surface area contributed by atoms with E-state index in [1.54, 1.807) is 24.3 Å². The third-order valence-corrected chi connectivity index (χ3v) is 4.84. The quantitative estimate of drug-likeness (QED) is 0.318. The fourth-order valence-corrected chi connectivity index (χ4v) is 3.11. The summed E-state index contributed by atoms with van der Waals surface area (Å²) in [4.78, 5) is 3.17. The molecule has 32 heavy (non-hydrogen) atoms. The van der Waals surface area contributed by atoms with E-state index in [1.807, 2.05) is 19.0 Å². The third kappa shape index (κ3) is 3.98. The van der Waals surface area contributed by atoms with Crippen molar-refractivity contribution < 1.29 is 17.6 Å². The van der Waals surface area contributed by atoms with Crippen LogP contribution in [0.3, 0.4) is 0 Å². The Bertz CT molecular complexity index is 1180. The molecule has 162 valence electrons. The van der Waals surface area contributed by atoms with Gasteiger partial charge >= 0.3 is 0 Å². The molecule has 0 spiro atoms. The molecule has 0 heterocycles. The van der Waals surface area contributed by atoms with Crippen molar-refractivity contribution in [2.75, 3.05) is 37.5 Å². The zero-order valence-electron chi connectivity index (χ0n) is 17.3. The highest BCUT2D eigenvalue weighted by atomic mass is 19.2. The molecule has 0 aliphatic carbocycles. The first kappa shape index (κ1) is 24.0. The molecule has 0 aromatic heterocycles. The summed E-state index contributed by atoms with van der Waals surface area (Å²) in [5, 5.41) is 35.1. The van der Waals surface area contributed by atoms with Gasteiger partial charge in [-0.25, -0.2) is 17.6 Å². The van der Waals surface area contributed by atoms with Crippen molar-refractivity contribution >= 4 is 22.8 Å². The standard InChI is InChI=1S/C22H16F4N6/c1-31(2)14-4-6-15(7-5-14)32(3)12-22(10-29,11-30)17-20(25)18(23)16(13(8-27)9-28)19(24)21(17)26/h4-7,27H,12H2,1-3H3. The number of hydrogen-bond donors (Lipinski definition) is 1. The van der Waals surface area contributed by atoms with E-state index in [0.29, 0.717) is 5.69 Å². The average Bonchev–Trinajstić information content (AvgIpc) is 2.79. The van der Waals surface area contributed by atoms with Gasteiger partial charge in [0, 0.05) is 32.5 Å². The first-order chi connectivity index (χ1) is 15.1. The number of nitrogens with zero attached hydrogens (tertiary/aromatic N) is 5. The number of rotatable bonds is 6. The molecular weight excluding hydrogens is 424 g/mol. The number of anilines is 2. The maximum absolute atomic E-state index is 14.9. The Kier molecular flexibility index (Phi) is 6.90. The largest absolute Gasteiger partial charge is 0.378 e. The molecule has 0 amide bonds. The van der Waals surface area contributed by atoms with Crippen LogP contribution in [0.1, 0.15) is 11.1 Å². The van der Waals surface area contributed by atoms with Gasteiger partial charge < -0.3 is 9.80 Å². The Balaban J connectivity index is 2.66. The molecule has 0 fully saturated rings. The summed E-state index contributed by atoms with van der Waals surface area (Å²) < 4.78 is 59.0. The highest BCUT2D eigenvalue weighted by Crippen LogP contribution is 2.36. The lowest BCUT2D eigenvalue weighted by molar-refractivity contribution is 0.420. The molecule has 0 saturated heterocycles. The van der Waals surface area contributed by atoms with Gasteiger partial charge in [0.25, 0.3) is 0 Å². The van der Waals surface area contributed by atoms with Crippen molar-refractivity contribution in [3.05, 3.63) is 58.7 Å². The Labute approximate surface area is 181 Å². The van der Waals surface area contributed by atoms with Crippen molar-refractivity contribution in [1.29, 1.82) is 21.2 Å². The molecule has 0 saturated carbocycles. The van der Waals surface area contributed by atoms with E-state index < -0.39 is 51.9 Å². The Morgan fingerprint density at radius 3 is 1.72 bits per heavy atom. The molecule has 6 nitrogen and oxygen atoms in total. The molecular formula is C22H16F4N6. The zero-order valence-corrected chi connectivity index (χ0v) is 17.3. The normalized spacial score (nSPS) is 10.4. The smallest absolute Gasteiger partial charge is 0.191 e. The number of hydrogen-bond acceptors (Lipinski definition) is 6. The topological polar surface area (TPSA) is 102 Å². The number of nitrogens with one attached hydrogen (secondary N) is 1. The summed E-state index contributed by atoms with van der Waals surface area (Å²) in [5.74, 6) is -6.58. The molecule has 0 aliphatic rings. The molecule has 2 aromatic rings. The van der Waals surface area contributed by atoms with Gasteiger partial charge in [-0.15, -0.1) is 0 Å². The summed E-state index contributed by atoms with van der Waals surface area (Å²) in [6, 6.07) is 10.9. The van der Waals surface area contributed by atoms with Gasteiger partial charge in [0.05, 0.1) is 29.8 Å². The summed E-state index contributed by atoms with van der Waals surface area (Å²) in [6.07, 6.45) is 0. The lowest BCUT2D eigenvalue weighted by atomic mass is 9.80. The Morgan fingerprint density at radius 1 is 0.875 bits per heavy atom. The molecule has 0 atom stereocenters. The second-order valence-corrected chi connectivity index (χ2v) is 7.01. The number of likely N-dealkylation sites (N-methyl/N-ethyl adjacent to an activating group) is 1. The number of halogens is 4. The average molecular weight is 440 g/mol. The second kappa shape index (κ2) is 9.22. The van der Waals surface area contributed by atoms with E-state index in [1.165, 1.54) is 36.0 Å². The number of benzene rings is 2. The van der Waals surface area contributed by atoms with Crippen LogP contribution in [-0.2, 0) is 5.41 Å². The molecule has 1 N–H and O–H groups in total. The molecule has 0 aliphatic heterocycles. The Hall–Kier alpha value is -4.32.